The Morgan fingerprint density at radius 1 is 1.43 bits per heavy atom. The van der Waals surface area contributed by atoms with Crippen molar-refractivity contribution in [3.8, 4) is 11.8 Å². The van der Waals surface area contributed by atoms with Crippen LogP contribution in [0.4, 0.5) is 0 Å². The zero-order valence-corrected chi connectivity index (χ0v) is 9.01. The molecule has 14 heavy (non-hydrogen) atoms. The number of nitrogens with zero attached hydrogens (tertiary/aromatic N) is 2. The van der Waals surface area contributed by atoms with Gasteiger partial charge in [0.1, 0.15) is 16.4 Å². The van der Waals surface area contributed by atoms with Gasteiger partial charge in [0.05, 0.1) is 6.04 Å². The van der Waals surface area contributed by atoms with Crippen molar-refractivity contribution >= 4 is 26.7 Å². The lowest BCUT2D eigenvalue weighted by atomic mass is 10.1. The third-order valence-corrected chi connectivity index (χ3v) is 2.58. The van der Waals surface area contributed by atoms with Gasteiger partial charge in [0, 0.05) is 0 Å². The second-order valence-electron chi connectivity index (χ2n) is 2.79. The Hall–Kier alpha value is -1.41. The molecule has 1 atom stereocenters. The molecule has 0 radical (unpaired) electrons. The Bertz CT molecular complexity index is 493. The van der Waals surface area contributed by atoms with Gasteiger partial charge < -0.3 is 0 Å². The Kier molecular flexibility index (Phi) is 3.20. The second-order valence-corrected chi connectivity index (χ2v) is 3.70. The highest BCUT2D eigenvalue weighted by Crippen LogP contribution is 2.04. The first kappa shape index (κ1) is 10.7. The van der Waals surface area contributed by atoms with E-state index in [-0.39, 0.29) is 10.9 Å². The van der Waals surface area contributed by atoms with E-state index in [0.717, 1.165) is 0 Å². The van der Waals surface area contributed by atoms with Crippen molar-refractivity contribution in [2.75, 3.05) is 0 Å². The van der Waals surface area contributed by atoms with Gasteiger partial charge in [-0.15, -0.1) is 0 Å². The maximum absolute atomic E-state index is 10.9. The minimum atomic E-state index is -2.30. The normalized spacial score (nSPS) is 20.5. The summed E-state index contributed by atoms with van der Waals surface area (Å²) in [6.45, 7) is 5.07. The second kappa shape index (κ2) is 4.20. The molecule has 0 aromatic heterocycles. The number of hydrogen-bond acceptors (Lipinski definition) is 4. The summed E-state index contributed by atoms with van der Waals surface area (Å²) in [5.41, 5.74) is 0.306. The standard InChI is InChI=1S/C9H10N2O2S/c1-4-5-8-9(14(12)13)6(2)10-7(3)11-8/h6H,1-3H3. The van der Waals surface area contributed by atoms with Crippen LogP contribution in [-0.4, -0.2) is 30.9 Å². The summed E-state index contributed by atoms with van der Waals surface area (Å²) in [6, 6.07) is -0.387. The first-order chi connectivity index (χ1) is 6.56. The Labute approximate surface area is 84.3 Å². The van der Waals surface area contributed by atoms with Gasteiger partial charge in [-0.3, -0.25) is 4.99 Å². The highest BCUT2D eigenvalue weighted by Gasteiger charge is 2.21. The molecule has 5 heteroatoms. The van der Waals surface area contributed by atoms with Crippen LogP contribution in [0.3, 0.4) is 0 Å². The Balaban J connectivity index is 3.40. The number of hydrogen-bond donors (Lipinski definition) is 0. The van der Waals surface area contributed by atoms with Gasteiger partial charge >= 0.3 is 0 Å². The lowest BCUT2D eigenvalue weighted by Gasteiger charge is -2.12. The fourth-order valence-corrected chi connectivity index (χ4v) is 1.79. The Morgan fingerprint density at radius 3 is 2.57 bits per heavy atom. The van der Waals surface area contributed by atoms with Crippen molar-refractivity contribution in [1.29, 1.82) is 0 Å². The third-order valence-electron chi connectivity index (χ3n) is 1.69. The van der Waals surface area contributed by atoms with Crippen LogP contribution in [0.2, 0.25) is 0 Å². The van der Waals surface area contributed by atoms with E-state index in [1.54, 1.807) is 20.8 Å². The molecule has 0 amide bonds. The van der Waals surface area contributed by atoms with Crippen LogP contribution in [0.1, 0.15) is 20.8 Å². The largest absolute Gasteiger partial charge is 0.262 e. The van der Waals surface area contributed by atoms with E-state index in [1.807, 2.05) is 0 Å². The highest BCUT2D eigenvalue weighted by atomic mass is 32.2. The van der Waals surface area contributed by atoms with Crippen molar-refractivity contribution in [1.82, 2.24) is 0 Å². The van der Waals surface area contributed by atoms with E-state index in [9.17, 15) is 8.42 Å². The van der Waals surface area contributed by atoms with Gasteiger partial charge in [0.25, 0.3) is 0 Å². The molecule has 1 rings (SSSR count). The molecule has 1 aliphatic rings. The molecule has 0 aromatic carbocycles. The zero-order valence-electron chi connectivity index (χ0n) is 8.20. The van der Waals surface area contributed by atoms with Crippen molar-refractivity contribution < 1.29 is 8.42 Å². The van der Waals surface area contributed by atoms with Gasteiger partial charge in [0.15, 0.2) is 0 Å². The lowest BCUT2D eigenvalue weighted by molar-refractivity contribution is 0.626. The molecule has 4 nitrogen and oxygen atoms in total. The molecule has 1 aliphatic heterocycles. The van der Waals surface area contributed by atoms with Gasteiger partial charge in [-0.1, -0.05) is 5.92 Å². The number of aliphatic imine (C=N–C) groups is 2. The van der Waals surface area contributed by atoms with Gasteiger partial charge in [-0.05, 0) is 26.7 Å². The molecular weight excluding hydrogens is 200 g/mol. The van der Waals surface area contributed by atoms with Crippen LogP contribution < -0.4 is 0 Å². The number of amidine groups is 1. The molecule has 1 unspecified atom stereocenters. The molecule has 0 aromatic rings. The first-order valence-electron chi connectivity index (χ1n) is 4.08. The van der Waals surface area contributed by atoms with Crippen molar-refractivity contribution in [3.63, 3.8) is 0 Å². The van der Waals surface area contributed by atoms with Crippen molar-refractivity contribution in [2.45, 2.75) is 26.8 Å². The predicted molar refractivity (Wildman–Crippen MR) is 57.4 cm³/mol. The van der Waals surface area contributed by atoms with E-state index in [2.05, 4.69) is 21.8 Å². The molecule has 74 valence electrons. The van der Waals surface area contributed by atoms with E-state index in [0.29, 0.717) is 11.5 Å². The summed E-state index contributed by atoms with van der Waals surface area (Å²) in [6.07, 6.45) is 0. The number of rotatable bonds is 0. The summed E-state index contributed by atoms with van der Waals surface area (Å²) in [4.78, 5) is 8.21. The molecule has 0 fully saturated rings. The van der Waals surface area contributed by atoms with E-state index < -0.39 is 10.3 Å². The first-order valence-corrected chi connectivity index (χ1v) is 5.16. The van der Waals surface area contributed by atoms with Crippen LogP contribution in [0, 0.1) is 11.8 Å². The van der Waals surface area contributed by atoms with Gasteiger partial charge in [-0.2, -0.15) is 8.42 Å². The molecular formula is C9H10N2O2S. The Morgan fingerprint density at radius 2 is 2.07 bits per heavy atom. The average Bonchev–Trinajstić information content (AvgIpc) is 2.01. The molecule has 0 N–H and O–H groups in total. The minimum absolute atomic E-state index is 0.171. The van der Waals surface area contributed by atoms with E-state index >= 15 is 0 Å². The molecule has 0 saturated heterocycles. The monoisotopic (exact) mass is 210 g/mol. The highest BCUT2D eigenvalue weighted by molar-refractivity contribution is 7.75. The minimum Gasteiger partial charge on any atom is -0.262 e. The van der Waals surface area contributed by atoms with Crippen LogP contribution in [0.5, 0.6) is 0 Å². The maximum atomic E-state index is 10.9. The van der Waals surface area contributed by atoms with Crippen molar-refractivity contribution in [3.05, 3.63) is 0 Å². The topological polar surface area (TPSA) is 58.9 Å². The predicted octanol–water partition coefficient (Wildman–Crippen LogP) is 0.323. The quantitative estimate of drug-likeness (QED) is 0.427. The summed E-state index contributed by atoms with van der Waals surface area (Å²) in [7, 11) is -2.30. The SMILES string of the molecule is CC#CC1=NC(C)=NC(C)C1=S(=O)=O. The van der Waals surface area contributed by atoms with E-state index in [1.165, 1.54) is 0 Å². The molecule has 0 bridgehead atoms. The molecule has 0 aliphatic carbocycles. The molecule has 1 heterocycles. The molecule has 0 saturated carbocycles. The van der Waals surface area contributed by atoms with Gasteiger partial charge in [0.2, 0.25) is 10.3 Å². The fourth-order valence-electron chi connectivity index (χ4n) is 1.21. The third kappa shape index (κ3) is 2.09. The molecule has 0 spiro atoms. The summed E-state index contributed by atoms with van der Waals surface area (Å²) in [5.74, 6) is 5.86. The van der Waals surface area contributed by atoms with Crippen LogP contribution >= 0.6 is 0 Å². The van der Waals surface area contributed by atoms with E-state index in [4.69, 9.17) is 0 Å². The van der Waals surface area contributed by atoms with Crippen LogP contribution in [0.15, 0.2) is 9.98 Å². The smallest absolute Gasteiger partial charge is 0.222 e. The fraction of sp³-hybridized carbons (Fsp3) is 0.444. The zero-order chi connectivity index (χ0) is 10.7. The lowest BCUT2D eigenvalue weighted by Crippen LogP contribution is -2.30. The van der Waals surface area contributed by atoms with Crippen LogP contribution in [0.25, 0.3) is 0 Å². The average molecular weight is 210 g/mol. The van der Waals surface area contributed by atoms with Crippen molar-refractivity contribution in [2.24, 2.45) is 9.98 Å². The van der Waals surface area contributed by atoms with Gasteiger partial charge in [-0.25, -0.2) is 4.99 Å². The maximum Gasteiger partial charge on any atom is 0.222 e. The summed E-state index contributed by atoms with van der Waals surface area (Å²) in [5, 5.41) is 0. The summed E-state index contributed by atoms with van der Waals surface area (Å²) >= 11 is 0. The van der Waals surface area contributed by atoms with Crippen LogP contribution in [-0.2, 0) is 10.3 Å². The summed E-state index contributed by atoms with van der Waals surface area (Å²) < 4.78 is 21.8.